The Morgan fingerprint density at radius 3 is 2.59 bits per heavy atom. The van der Waals surface area contributed by atoms with Gasteiger partial charge in [-0.2, -0.15) is 0 Å². The molecule has 0 atom stereocenters. The van der Waals surface area contributed by atoms with Gasteiger partial charge in [-0.3, -0.25) is 4.79 Å². The number of rotatable bonds is 8. The maximum atomic E-state index is 11.8. The molecule has 1 aromatic carbocycles. The van der Waals surface area contributed by atoms with Crippen LogP contribution < -0.4 is 13.1 Å². The van der Waals surface area contributed by atoms with Crippen molar-refractivity contribution >= 4 is 16.4 Å². The van der Waals surface area contributed by atoms with Crippen LogP contribution in [0.2, 0.25) is 0 Å². The van der Waals surface area contributed by atoms with E-state index in [9.17, 15) is 13.2 Å². The molecule has 1 heterocycles. The minimum Gasteiger partial charge on any atom is -0.422 e. The van der Waals surface area contributed by atoms with Crippen molar-refractivity contribution in [3.8, 4) is 17.2 Å². The predicted octanol–water partition coefficient (Wildman–Crippen LogP) is 3.36. The second-order valence-corrected chi connectivity index (χ2v) is 6.30. The van der Waals surface area contributed by atoms with Crippen molar-refractivity contribution < 1.29 is 26.3 Å². The standard InChI is InChI=1S/C15H20O6S/c1-2-3-4-5-6-7-11-14(16)19-12-9-8-10-13-15(12)21-22(17,18)20-13/h8-10H,2-7,11H2,1H3. The number of ether oxygens (including phenoxy) is 1. The third-order valence-corrected chi connectivity index (χ3v) is 4.03. The molecule has 0 amide bonds. The number of benzene rings is 1. The molecular formula is C15H20O6S. The summed E-state index contributed by atoms with van der Waals surface area (Å²) in [6.07, 6.45) is 6.73. The molecule has 6 nitrogen and oxygen atoms in total. The van der Waals surface area contributed by atoms with E-state index < -0.39 is 16.4 Å². The molecule has 0 bridgehead atoms. The van der Waals surface area contributed by atoms with Crippen LogP contribution in [0.15, 0.2) is 18.2 Å². The second kappa shape index (κ2) is 7.49. The van der Waals surface area contributed by atoms with Gasteiger partial charge in [0.15, 0.2) is 11.5 Å². The first kappa shape index (κ1) is 16.6. The molecule has 0 saturated carbocycles. The van der Waals surface area contributed by atoms with Gasteiger partial charge in [0.2, 0.25) is 5.75 Å². The zero-order valence-corrected chi connectivity index (χ0v) is 13.4. The quantitative estimate of drug-likeness (QED) is 0.413. The van der Waals surface area contributed by atoms with Crippen LogP contribution >= 0.6 is 0 Å². The van der Waals surface area contributed by atoms with Crippen LogP contribution in [0.5, 0.6) is 17.2 Å². The van der Waals surface area contributed by atoms with Crippen LogP contribution in [-0.4, -0.2) is 14.4 Å². The molecule has 2 rings (SSSR count). The van der Waals surface area contributed by atoms with Crippen LogP contribution in [-0.2, 0) is 15.2 Å². The number of carbonyl (C=O) groups is 1. The third-order valence-electron chi connectivity index (χ3n) is 3.28. The smallest absolute Gasteiger partial charge is 0.422 e. The summed E-state index contributed by atoms with van der Waals surface area (Å²) in [6.45, 7) is 2.15. The van der Waals surface area contributed by atoms with Crippen molar-refractivity contribution in [3.05, 3.63) is 18.2 Å². The Balaban J connectivity index is 1.82. The van der Waals surface area contributed by atoms with Gasteiger partial charge in [-0.15, -0.1) is 8.42 Å². The SMILES string of the molecule is CCCCCCCCC(=O)Oc1cccc2c1OS(=O)(=O)O2. The summed E-state index contributed by atoms with van der Waals surface area (Å²) in [6, 6.07) is 4.45. The molecule has 122 valence electrons. The van der Waals surface area contributed by atoms with Crippen molar-refractivity contribution in [1.82, 2.24) is 0 Å². The lowest BCUT2D eigenvalue weighted by molar-refractivity contribution is -0.134. The molecule has 0 fully saturated rings. The van der Waals surface area contributed by atoms with Gasteiger partial charge in [0.05, 0.1) is 0 Å². The van der Waals surface area contributed by atoms with Crippen molar-refractivity contribution in [3.63, 3.8) is 0 Å². The molecule has 0 N–H and O–H groups in total. The molecule has 0 saturated heterocycles. The van der Waals surface area contributed by atoms with Gasteiger partial charge in [0, 0.05) is 6.42 Å². The molecule has 1 aromatic rings. The number of para-hydroxylation sites is 1. The van der Waals surface area contributed by atoms with Gasteiger partial charge in [-0.25, -0.2) is 0 Å². The number of esters is 1. The molecule has 0 aromatic heterocycles. The zero-order chi connectivity index (χ0) is 16.0. The number of unbranched alkanes of at least 4 members (excludes halogenated alkanes) is 5. The maximum absolute atomic E-state index is 11.8. The first-order valence-electron chi connectivity index (χ1n) is 7.49. The Labute approximate surface area is 130 Å². The third kappa shape index (κ3) is 4.62. The van der Waals surface area contributed by atoms with Crippen molar-refractivity contribution in [2.75, 3.05) is 0 Å². The first-order chi connectivity index (χ1) is 10.5. The van der Waals surface area contributed by atoms with E-state index in [1.165, 1.54) is 37.5 Å². The summed E-state index contributed by atoms with van der Waals surface area (Å²) in [7, 11) is -4.08. The lowest BCUT2D eigenvalue weighted by Gasteiger charge is -2.06. The van der Waals surface area contributed by atoms with Crippen LogP contribution in [0.1, 0.15) is 51.9 Å². The minimum absolute atomic E-state index is 0.0323. The summed E-state index contributed by atoms with van der Waals surface area (Å²) in [4.78, 5) is 11.8. The Morgan fingerprint density at radius 1 is 1.09 bits per heavy atom. The lowest BCUT2D eigenvalue weighted by Crippen LogP contribution is -2.10. The fourth-order valence-corrected chi connectivity index (χ4v) is 2.93. The van der Waals surface area contributed by atoms with Gasteiger partial charge < -0.3 is 13.1 Å². The summed E-state index contributed by atoms with van der Waals surface area (Å²) < 4.78 is 36.9. The van der Waals surface area contributed by atoms with Crippen molar-refractivity contribution in [2.45, 2.75) is 51.9 Å². The molecule has 0 unspecified atom stereocenters. The minimum atomic E-state index is -4.08. The number of fused-ring (bicyclic) bond motifs is 1. The van der Waals surface area contributed by atoms with Gasteiger partial charge in [-0.05, 0) is 18.6 Å². The van der Waals surface area contributed by atoms with E-state index in [-0.39, 0.29) is 17.2 Å². The molecule has 1 aliphatic heterocycles. The van der Waals surface area contributed by atoms with Crippen molar-refractivity contribution in [2.24, 2.45) is 0 Å². The maximum Gasteiger partial charge on any atom is 0.501 e. The summed E-state index contributed by atoms with van der Waals surface area (Å²) in [5.41, 5.74) is 0. The van der Waals surface area contributed by atoms with Crippen LogP contribution in [0.25, 0.3) is 0 Å². The molecule has 0 spiro atoms. The fraction of sp³-hybridized carbons (Fsp3) is 0.533. The number of hydrogen-bond donors (Lipinski definition) is 0. The zero-order valence-electron chi connectivity index (χ0n) is 12.5. The van der Waals surface area contributed by atoms with E-state index in [0.717, 1.165) is 19.3 Å². The molecular weight excluding hydrogens is 308 g/mol. The lowest BCUT2D eigenvalue weighted by atomic mass is 10.1. The van der Waals surface area contributed by atoms with Crippen molar-refractivity contribution in [1.29, 1.82) is 0 Å². The van der Waals surface area contributed by atoms with E-state index in [1.807, 2.05) is 0 Å². The molecule has 22 heavy (non-hydrogen) atoms. The summed E-state index contributed by atoms with van der Waals surface area (Å²) in [5.74, 6) is -0.380. The first-order valence-corrected chi connectivity index (χ1v) is 8.83. The van der Waals surface area contributed by atoms with Crippen LogP contribution in [0.3, 0.4) is 0 Å². The average molecular weight is 328 g/mol. The summed E-state index contributed by atoms with van der Waals surface area (Å²) in [5, 5.41) is 0. The predicted molar refractivity (Wildman–Crippen MR) is 80.2 cm³/mol. The normalized spacial score (nSPS) is 14.8. The topological polar surface area (TPSA) is 78.9 Å². The Morgan fingerprint density at radius 2 is 1.82 bits per heavy atom. The van der Waals surface area contributed by atoms with Gasteiger partial charge in [0.25, 0.3) is 0 Å². The molecule has 0 radical (unpaired) electrons. The highest BCUT2D eigenvalue weighted by Crippen LogP contribution is 2.43. The molecule has 7 heteroatoms. The monoisotopic (exact) mass is 328 g/mol. The van der Waals surface area contributed by atoms with Gasteiger partial charge in [-0.1, -0.05) is 45.1 Å². The molecule has 0 aliphatic carbocycles. The Kier molecular flexibility index (Phi) is 5.65. The van der Waals surface area contributed by atoms with E-state index in [1.54, 1.807) is 0 Å². The average Bonchev–Trinajstić information content (AvgIpc) is 2.78. The van der Waals surface area contributed by atoms with Gasteiger partial charge >= 0.3 is 16.4 Å². The Hall–Kier alpha value is -1.76. The molecule has 1 aliphatic rings. The Bertz CT molecular complexity index is 623. The second-order valence-electron chi connectivity index (χ2n) is 5.15. The van der Waals surface area contributed by atoms with E-state index in [4.69, 9.17) is 4.74 Å². The highest BCUT2D eigenvalue weighted by molar-refractivity contribution is 7.82. The van der Waals surface area contributed by atoms with Crippen LogP contribution in [0, 0.1) is 0 Å². The van der Waals surface area contributed by atoms with Gasteiger partial charge in [0.1, 0.15) is 0 Å². The fourth-order valence-electron chi connectivity index (χ4n) is 2.18. The highest BCUT2D eigenvalue weighted by atomic mass is 32.3. The number of carbonyl (C=O) groups excluding carboxylic acids is 1. The largest absolute Gasteiger partial charge is 0.501 e. The number of hydrogen-bond acceptors (Lipinski definition) is 6. The van der Waals surface area contributed by atoms with E-state index in [2.05, 4.69) is 15.3 Å². The van der Waals surface area contributed by atoms with Crippen LogP contribution in [0.4, 0.5) is 0 Å². The highest BCUT2D eigenvalue weighted by Gasteiger charge is 2.32. The van der Waals surface area contributed by atoms with E-state index >= 15 is 0 Å². The van der Waals surface area contributed by atoms with E-state index in [0.29, 0.717) is 6.42 Å². The summed E-state index contributed by atoms with van der Waals surface area (Å²) >= 11 is 0.